The van der Waals surface area contributed by atoms with Gasteiger partial charge in [-0.25, -0.2) is 0 Å². The third-order valence-corrected chi connectivity index (χ3v) is 3.01. The van der Waals surface area contributed by atoms with Gasteiger partial charge in [0.05, 0.1) is 6.10 Å². The Morgan fingerprint density at radius 1 is 1.24 bits per heavy atom. The first-order chi connectivity index (χ1) is 10.0. The summed E-state index contributed by atoms with van der Waals surface area (Å²) >= 11 is 0. The summed E-state index contributed by atoms with van der Waals surface area (Å²) in [6.07, 6.45) is -0.560. The molecule has 0 aliphatic carbocycles. The number of carbonyl (C=O) groups is 1. The molecule has 0 saturated heterocycles. The molecule has 2 N–H and O–H groups in total. The van der Waals surface area contributed by atoms with Gasteiger partial charge in [-0.15, -0.1) is 0 Å². The predicted octanol–water partition coefficient (Wildman–Crippen LogP) is 3.07. The minimum Gasteiger partial charge on any atom is -0.484 e. The maximum atomic E-state index is 11.8. The summed E-state index contributed by atoms with van der Waals surface area (Å²) in [7, 11) is 0. The second-order valence-corrected chi connectivity index (χ2v) is 4.95. The summed E-state index contributed by atoms with van der Waals surface area (Å²) in [6.45, 7) is 3.58. The highest BCUT2D eigenvalue weighted by Gasteiger charge is 2.06. The molecule has 0 aromatic heterocycles. The van der Waals surface area contributed by atoms with Gasteiger partial charge in [0.2, 0.25) is 0 Å². The second kappa shape index (κ2) is 6.90. The zero-order valence-electron chi connectivity index (χ0n) is 12.2. The number of carbonyl (C=O) groups excluding carboxylic acids is 1. The zero-order chi connectivity index (χ0) is 15.2. The largest absolute Gasteiger partial charge is 0.484 e. The molecule has 0 fully saturated rings. The van der Waals surface area contributed by atoms with Crippen LogP contribution in [-0.2, 0) is 4.79 Å². The normalized spacial score (nSPS) is 11.8. The van der Waals surface area contributed by atoms with Crippen LogP contribution in [0.5, 0.6) is 5.75 Å². The van der Waals surface area contributed by atoms with Crippen molar-refractivity contribution in [1.29, 1.82) is 0 Å². The number of aliphatic hydroxyl groups is 1. The minimum absolute atomic E-state index is 0.0722. The van der Waals surface area contributed by atoms with Crippen LogP contribution < -0.4 is 10.1 Å². The first-order valence-corrected chi connectivity index (χ1v) is 6.82. The Labute approximate surface area is 124 Å². The lowest BCUT2D eigenvalue weighted by molar-refractivity contribution is -0.118. The van der Waals surface area contributed by atoms with Crippen LogP contribution in [0.1, 0.15) is 24.2 Å². The van der Waals surface area contributed by atoms with Gasteiger partial charge >= 0.3 is 0 Å². The molecule has 2 rings (SSSR count). The summed E-state index contributed by atoms with van der Waals surface area (Å²) in [6, 6.07) is 14.7. The van der Waals surface area contributed by atoms with Gasteiger partial charge in [-0.1, -0.05) is 24.3 Å². The van der Waals surface area contributed by atoms with E-state index in [9.17, 15) is 9.90 Å². The molecule has 0 radical (unpaired) electrons. The van der Waals surface area contributed by atoms with E-state index in [4.69, 9.17) is 4.74 Å². The van der Waals surface area contributed by atoms with Crippen LogP contribution >= 0.6 is 0 Å². The van der Waals surface area contributed by atoms with Crippen LogP contribution in [0.4, 0.5) is 5.69 Å². The van der Waals surface area contributed by atoms with Gasteiger partial charge in [0.1, 0.15) is 5.75 Å². The summed E-state index contributed by atoms with van der Waals surface area (Å²) in [5.41, 5.74) is 2.59. The molecule has 21 heavy (non-hydrogen) atoms. The van der Waals surface area contributed by atoms with E-state index in [1.807, 2.05) is 37.3 Å². The van der Waals surface area contributed by atoms with Gasteiger partial charge in [-0.05, 0) is 49.2 Å². The lowest BCUT2D eigenvalue weighted by Crippen LogP contribution is -2.20. The Morgan fingerprint density at radius 2 is 2.00 bits per heavy atom. The van der Waals surface area contributed by atoms with Gasteiger partial charge in [-0.3, -0.25) is 4.79 Å². The van der Waals surface area contributed by atoms with E-state index in [0.717, 1.165) is 16.8 Å². The van der Waals surface area contributed by atoms with Gasteiger partial charge in [0, 0.05) is 5.69 Å². The highest BCUT2D eigenvalue weighted by Crippen LogP contribution is 2.18. The molecule has 1 unspecified atom stereocenters. The lowest BCUT2D eigenvalue weighted by atomic mass is 10.1. The number of hydrogen-bond donors (Lipinski definition) is 2. The number of anilines is 1. The topological polar surface area (TPSA) is 58.6 Å². The molecule has 0 heterocycles. The maximum absolute atomic E-state index is 11.8. The first-order valence-electron chi connectivity index (χ1n) is 6.82. The van der Waals surface area contributed by atoms with Gasteiger partial charge in [0.25, 0.3) is 5.91 Å². The third kappa shape index (κ3) is 4.61. The van der Waals surface area contributed by atoms with E-state index in [0.29, 0.717) is 5.75 Å². The van der Waals surface area contributed by atoms with E-state index < -0.39 is 6.10 Å². The van der Waals surface area contributed by atoms with Crippen molar-refractivity contribution in [2.75, 3.05) is 11.9 Å². The van der Waals surface area contributed by atoms with Gasteiger partial charge in [-0.2, -0.15) is 0 Å². The van der Waals surface area contributed by atoms with Crippen molar-refractivity contribution in [1.82, 2.24) is 0 Å². The molecule has 110 valence electrons. The van der Waals surface area contributed by atoms with Crippen LogP contribution in [0.15, 0.2) is 48.5 Å². The lowest BCUT2D eigenvalue weighted by Gasteiger charge is -2.10. The molecule has 4 heteroatoms. The van der Waals surface area contributed by atoms with Gasteiger partial charge in [0.15, 0.2) is 6.61 Å². The molecule has 1 atom stereocenters. The quantitative estimate of drug-likeness (QED) is 0.887. The van der Waals surface area contributed by atoms with Crippen molar-refractivity contribution in [3.63, 3.8) is 0 Å². The standard InChI is InChI=1S/C17H19NO3/c1-12-5-3-7-15(9-12)18-17(20)11-21-16-8-4-6-14(10-16)13(2)19/h3-10,13,19H,11H2,1-2H3,(H,18,20). The van der Waals surface area contributed by atoms with Gasteiger partial charge < -0.3 is 15.2 Å². The maximum Gasteiger partial charge on any atom is 0.262 e. The number of benzene rings is 2. The number of aryl methyl sites for hydroxylation is 1. The van der Waals surface area contributed by atoms with Crippen molar-refractivity contribution >= 4 is 11.6 Å². The molecule has 2 aromatic rings. The number of hydrogen-bond acceptors (Lipinski definition) is 3. The fourth-order valence-corrected chi connectivity index (χ4v) is 1.93. The average molecular weight is 285 g/mol. The monoisotopic (exact) mass is 285 g/mol. The summed E-state index contributed by atoms with van der Waals surface area (Å²) in [4.78, 5) is 11.8. The van der Waals surface area contributed by atoms with Crippen molar-refractivity contribution in [2.24, 2.45) is 0 Å². The molecule has 1 amide bonds. The number of aliphatic hydroxyl groups excluding tert-OH is 1. The van der Waals surface area contributed by atoms with Crippen molar-refractivity contribution in [2.45, 2.75) is 20.0 Å². The molecular weight excluding hydrogens is 266 g/mol. The third-order valence-electron chi connectivity index (χ3n) is 3.01. The Kier molecular flexibility index (Phi) is 4.95. The van der Waals surface area contributed by atoms with Crippen molar-refractivity contribution < 1.29 is 14.6 Å². The highest BCUT2D eigenvalue weighted by molar-refractivity contribution is 5.91. The number of rotatable bonds is 5. The van der Waals surface area contributed by atoms with Crippen LogP contribution in [0.3, 0.4) is 0 Å². The fraction of sp³-hybridized carbons (Fsp3) is 0.235. The summed E-state index contributed by atoms with van der Waals surface area (Å²) < 4.78 is 5.44. The van der Waals surface area contributed by atoms with Crippen molar-refractivity contribution in [3.05, 3.63) is 59.7 Å². The fourth-order valence-electron chi connectivity index (χ4n) is 1.93. The summed E-state index contributed by atoms with van der Waals surface area (Å²) in [5.74, 6) is 0.343. The highest BCUT2D eigenvalue weighted by atomic mass is 16.5. The van der Waals surface area contributed by atoms with Crippen molar-refractivity contribution in [3.8, 4) is 5.75 Å². The van der Waals surface area contributed by atoms with E-state index in [-0.39, 0.29) is 12.5 Å². The predicted molar refractivity (Wildman–Crippen MR) is 82.4 cm³/mol. The molecule has 2 aromatic carbocycles. The van der Waals surface area contributed by atoms with Crippen LogP contribution in [0.2, 0.25) is 0 Å². The smallest absolute Gasteiger partial charge is 0.262 e. The van der Waals surface area contributed by atoms with E-state index >= 15 is 0 Å². The second-order valence-electron chi connectivity index (χ2n) is 4.95. The zero-order valence-corrected chi connectivity index (χ0v) is 12.2. The molecule has 0 bridgehead atoms. The molecule has 0 spiro atoms. The van der Waals surface area contributed by atoms with Crippen LogP contribution in [0, 0.1) is 6.92 Å². The minimum atomic E-state index is -0.560. The van der Waals surface area contributed by atoms with E-state index in [2.05, 4.69) is 5.32 Å². The number of nitrogens with one attached hydrogen (secondary N) is 1. The Morgan fingerprint density at radius 3 is 2.71 bits per heavy atom. The first kappa shape index (κ1) is 15.1. The molecular formula is C17H19NO3. The molecule has 4 nitrogen and oxygen atoms in total. The van der Waals surface area contributed by atoms with Crippen LogP contribution in [-0.4, -0.2) is 17.6 Å². The molecule has 0 aliphatic rings. The van der Waals surface area contributed by atoms with E-state index in [1.165, 1.54) is 0 Å². The Bertz CT molecular complexity index is 623. The Balaban J connectivity index is 1.90. The number of amides is 1. The Hall–Kier alpha value is -2.33. The number of ether oxygens (including phenoxy) is 1. The summed E-state index contributed by atoms with van der Waals surface area (Å²) in [5, 5.41) is 12.3. The molecule has 0 saturated carbocycles. The SMILES string of the molecule is Cc1cccc(NC(=O)COc2cccc(C(C)O)c2)c1. The van der Waals surface area contributed by atoms with E-state index in [1.54, 1.807) is 25.1 Å². The van der Waals surface area contributed by atoms with Crippen LogP contribution in [0.25, 0.3) is 0 Å². The average Bonchev–Trinajstić information content (AvgIpc) is 2.45. The molecule has 0 aliphatic heterocycles.